The van der Waals surface area contributed by atoms with Crippen molar-refractivity contribution in [1.29, 1.82) is 0 Å². The molecule has 0 unspecified atom stereocenters. The number of carboxylic acids is 1. The Balaban J connectivity index is 2.55. The first-order valence-corrected chi connectivity index (χ1v) is 6.80. The molecular weight excluding hydrogens is 285 g/mol. The second kappa shape index (κ2) is 5.58. The minimum atomic E-state index is -4.57. The lowest BCUT2D eigenvalue weighted by molar-refractivity contribution is -0.146. The summed E-state index contributed by atoms with van der Waals surface area (Å²) in [5.74, 6) is -1.34. The first kappa shape index (κ1) is 15.7. The molecule has 116 valence electrons. The van der Waals surface area contributed by atoms with Gasteiger partial charge in [0.2, 0.25) is 0 Å². The van der Waals surface area contributed by atoms with Crippen molar-refractivity contribution in [1.82, 2.24) is 0 Å². The Morgan fingerprint density at radius 3 is 2.33 bits per heavy atom. The summed E-state index contributed by atoms with van der Waals surface area (Å²) in [5, 5.41) is 9.55. The van der Waals surface area contributed by atoms with Crippen molar-refractivity contribution in [3.63, 3.8) is 0 Å². The van der Waals surface area contributed by atoms with Crippen molar-refractivity contribution < 1.29 is 27.8 Å². The first-order chi connectivity index (χ1) is 9.81. The van der Waals surface area contributed by atoms with E-state index in [-0.39, 0.29) is 11.3 Å². The molecular formula is C15H17F3O3. The quantitative estimate of drug-likeness (QED) is 0.918. The van der Waals surface area contributed by atoms with Crippen molar-refractivity contribution in [2.24, 2.45) is 0 Å². The van der Waals surface area contributed by atoms with Gasteiger partial charge in [0.25, 0.3) is 0 Å². The zero-order chi connectivity index (χ0) is 15.7. The van der Waals surface area contributed by atoms with Crippen LogP contribution in [0.5, 0.6) is 5.75 Å². The molecule has 3 nitrogen and oxygen atoms in total. The zero-order valence-corrected chi connectivity index (χ0v) is 11.7. The molecule has 0 atom stereocenters. The number of methoxy groups -OCH3 is 1. The Kier molecular flexibility index (Phi) is 4.16. The van der Waals surface area contributed by atoms with E-state index in [1.165, 1.54) is 12.1 Å². The van der Waals surface area contributed by atoms with Gasteiger partial charge in [0, 0.05) is 0 Å². The van der Waals surface area contributed by atoms with Gasteiger partial charge in [-0.05, 0) is 30.5 Å². The van der Waals surface area contributed by atoms with E-state index in [1.54, 1.807) is 0 Å². The number of hydrogen-bond acceptors (Lipinski definition) is 2. The maximum atomic E-state index is 13.1. The number of hydrogen-bond donors (Lipinski definition) is 1. The molecule has 1 aliphatic carbocycles. The van der Waals surface area contributed by atoms with Crippen molar-refractivity contribution in [2.45, 2.75) is 43.7 Å². The van der Waals surface area contributed by atoms with Crippen LogP contribution in [0.25, 0.3) is 0 Å². The molecule has 0 radical (unpaired) electrons. The van der Waals surface area contributed by atoms with Crippen LogP contribution in [-0.2, 0) is 16.4 Å². The van der Waals surface area contributed by atoms with E-state index in [0.717, 1.165) is 19.6 Å². The highest BCUT2D eigenvalue weighted by molar-refractivity contribution is 5.81. The molecule has 1 N–H and O–H groups in total. The summed E-state index contributed by atoms with van der Waals surface area (Å²) in [6.07, 6.45) is -1.51. The lowest BCUT2D eigenvalue weighted by Crippen LogP contribution is -2.38. The van der Waals surface area contributed by atoms with Crippen molar-refractivity contribution in [2.75, 3.05) is 7.11 Å². The molecule has 1 fully saturated rings. The standard InChI is InChI=1S/C15H17F3O3/c1-21-12-6-5-10(9-11(12)15(16,17)18)14(13(19)20)7-3-2-4-8-14/h5-6,9H,2-4,7-8H2,1H3,(H,19,20). The number of aliphatic carboxylic acids is 1. The largest absolute Gasteiger partial charge is 0.496 e. The van der Waals surface area contributed by atoms with Crippen molar-refractivity contribution >= 4 is 5.97 Å². The number of carboxylic acid groups (broad SMARTS) is 1. The zero-order valence-electron chi connectivity index (χ0n) is 11.7. The smallest absolute Gasteiger partial charge is 0.419 e. The molecule has 0 aliphatic heterocycles. The average Bonchev–Trinajstić information content (AvgIpc) is 2.46. The van der Waals surface area contributed by atoms with E-state index >= 15 is 0 Å². The van der Waals surface area contributed by atoms with E-state index in [4.69, 9.17) is 4.74 Å². The maximum absolute atomic E-state index is 13.1. The number of halogens is 3. The SMILES string of the molecule is COc1ccc(C2(C(=O)O)CCCCC2)cc1C(F)(F)F. The Morgan fingerprint density at radius 1 is 1.24 bits per heavy atom. The fourth-order valence-corrected chi connectivity index (χ4v) is 3.01. The minimum absolute atomic E-state index is 0.211. The summed E-state index contributed by atoms with van der Waals surface area (Å²) in [4.78, 5) is 11.7. The lowest BCUT2D eigenvalue weighted by atomic mass is 9.69. The summed E-state index contributed by atoms with van der Waals surface area (Å²) >= 11 is 0. The van der Waals surface area contributed by atoms with Crippen LogP contribution >= 0.6 is 0 Å². The molecule has 1 aromatic rings. The van der Waals surface area contributed by atoms with Gasteiger partial charge in [-0.15, -0.1) is 0 Å². The highest BCUT2D eigenvalue weighted by atomic mass is 19.4. The van der Waals surface area contributed by atoms with E-state index in [9.17, 15) is 23.1 Å². The van der Waals surface area contributed by atoms with Gasteiger partial charge in [-0.1, -0.05) is 25.3 Å². The Morgan fingerprint density at radius 2 is 1.86 bits per heavy atom. The topological polar surface area (TPSA) is 46.5 Å². The third kappa shape index (κ3) is 2.84. The van der Waals surface area contributed by atoms with Gasteiger partial charge in [0.15, 0.2) is 0 Å². The monoisotopic (exact) mass is 302 g/mol. The van der Waals surface area contributed by atoms with Crippen LogP contribution < -0.4 is 4.74 Å². The molecule has 1 saturated carbocycles. The van der Waals surface area contributed by atoms with Crippen LogP contribution in [0.15, 0.2) is 18.2 Å². The summed E-state index contributed by atoms with van der Waals surface area (Å²) in [6, 6.07) is 3.57. The predicted molar refractivity (Wildman–Crippen MR) is 70.4 cm³/mol. The number of carbonyl (C=O) groups is 1. The van der Waals surface area contributed by atoms with Crippen LogP contribution in [0, 0.1) is 0 Å². The van der Waals surface area contributed by atoms with Crippen LogP contribution in [0.3, 0.4) is 0 Å². The van der Waals surface area contributed by atoms with Gasteiger partial charge in [-0.2, -0.15) is 13.2 Å². The Bertz CT molecular complexity index is 531. The molecule has 2 rings (SSSR count). The summed E-state index contributed by atoms with van der Waals surface area (Å²) in [6.45, 7) is 0. The Labute approximate surface area is 120 Å². The third-order valence-corrected chi connectivity index (χ3v) is 4.17. The molecule has 1 aromatic carbocycles. The first-order valence-electron chi connectivity index (χ1n) is 6.80. The predicted octanol–water partition coefficient (Wildman–Crippen LogP) is 4.00. The number of ether oxygens (including phenoxy) is 1. The average molecular weight is 302 g/mol. The van der Waals surface area contributed by atoms with Crippen LogP contribution in [0.4, 0.5) is 13.2 Å². The normalized spacial score (nSPS) is 18.3. The molecule has 0 bridgehead atoms. The summed E-state index contributed by atoms with van der Waals surface area (Å²) in [5.41, 5.74) is -1.93. The Hall–Kier alpha value is -1.72. The van der Waals surface area contributed by atoms with E-state index < -0.39 is 23.1 Å². The molecule has 21 heavy (non-hydrogen) atoms. The number of rotatable bonds is 3. The highest BCUT2D eigenvalue weighted by Crippen LogP contribution is 2.44. The molecule has 6 heteroatoms. The highest BCUT2D eigenvalue weighted by Gasteiger charge is 2.43. The van der Waals surface area contributed by atoms with Gasteiger partial charge in [0.1, 0.15) is 5.75 Å². The molecule has 1 aliphatic rings. The maximum Gasteiger partial charge on any atom is 0.419 e. The van der Waals surface area contributed by atoms with Crippen molar-refractivity contribution in [3.05, 3.63) is 29.3 Å². The molecule has 0 aromatic heterocycles. The van der Waals surface area contributed by atoms with Crippen LogP contribution in [-0.4, -0.2) is 18.2 Å². The fraction of sp³-hybridized carbons (Fsp3) is 0.533. The number of alkyl halides is 3. The molecule has 0 amide bonds. The summed E-state index contributed by atoms with van der Waals surface area (Å²) < 4.78 is 44.0. The minimum Gasteiger partial charge on any atom is -0.496 e. The second-order valence-electron chi connectivity index (χ2n) is 5.36. The van der Waals surface area contributed by atoms with Crippen molar-refractivity contribution in [3.8, 4) is 5.75 Å². The van der Waals surface area contributed by atoms with Gasteiger partial charge in [0.05, 0.1) is 18.1 Å². The van der Waals surface area contributed by atoms with E-state index in [2.05, 4.69) is 0 Å². The van der Waals surface area contributed by atoms with Gasteiger partial charge < -0.3 is 9.84 Å². The van der Waals surface area contributed by atoms with Gasteiger partial charge in [-0.25, -0.2) is 0 Å². The van der Waals surface area contributed by atoms with E-state index in [1.807, 2.05) is 0 Å². The van der Waals surface area contributed by atoms with Crippen LogP contribution in [0.2, 0.25) is 0 Å². The number of benzene rings is 1. The van der Waals surface area contributed by atoms with Crippen LogP contribution in [0.1, 0.15) is 43.2 Å². The molecule has 0 saturated heterocycles. The molecule has 0 spiro atoms. The second-order valence-corrected chi connectivity index (χ2v) is 5.36. The summed E-state index contributed by atoms with van der Waals surface area (Å²) in [7, 11) is 1.16. The third-order valence-electron chi connectivity index (χ3n) is 4.17. The van der Waals surface area contributed by atoms with Gasteiger partial charge >= 0.3 is 12.1 Å². The molecule has 0 heterocycles. The van der Waals surface area contributed by atoms with Gasteiger partial charge in [-0.3, -0.25) is 4.79 Å². The fourth-order valence-electron chi connectivity index (χ4n) is 3.01. The van der Waals surface area contributed by atoms with E-state index in [0.29, 0.717) is 25.7 Å². The lowest BCUT2D eigenvalue weighted by Gasteiger charge is -2.34.